The van der Waals surface area contributed by atoms with Crippen LogP contribution in [-0.2, 0) is 7.05 Å². The zero-order valence-corrected chi connectivity index (χ0v) is 13.0. The first-order chi connectivity index (χ1) is 9.81. The van der Waals surface area contributed by atoms with Gasteiger partial charge in [-0.3, -0.25) is 9.59 Å². The van der Waals surface area contributed by atoms with Crippen LogP contribution in [0.5, 0.6) is 0 Å². The number of amides is 1. The largest absolute Gasteiger partial charge is 0.388 e. The Morgan fingerprint density at radius 1 is 1.43 bits per heavy atom. The minimum Gasteiger partial charge on any atom is -0.388 e. The van der Waals surface area contributed by atoms with Gasteiger partial charge in [-0.05, 0) is 44.6 Å². The number of Topliss-reactive ketones (excluding diaryl/α,β-unsaturated/α-hetero) is 1. The van der Waals surface area contributed by atoms with E-state index < -0.39 is 5.60 Å². The Balaban J connectivity index is 1.97. The SMILES string of the molecule is CC(=O)c1cc(C(=O)NCC2(O)CCC(C)CC2)n(C)c1. The van der Waals surface area contributed by atoms with Crippen molar-refractivity contribution in [1.29, 1.82) is 0 Å². The van der Waals surface area contributed by atoms with Crippen LogP contribution in [0.4, 0.5) is 0 Å². The summed E-state index contributed by atoms with van der Waals surface area (Å²) in [4.78, 5) is 23.5. The Labute approximate surface area is 125 Å². The number of carbonyl (C=O) groups is 2. The van der Waals surface area contributed by atoms with E-state index in [1.54, 1.807) is 23.9 Å². The summed E-state index contributed by atoms with van der Waals surface area (Å²) in [6.07, 6.45) is 5.07. The van der Waals surface area contributed by atoms with Crippen LogP contribution >= 0.6 is 0 Å². The molecule has 1 heterocycles. The van der Waals surface area contributed by atoms with Crippen LogP contribution in [0.3, 0.4) is 0 Å². The van der Waals surface area contributed by atoms with Gasteiger partial charge in [0.05, 0.1) is 5.60 Å². The second-order valence-corrected chi connectivity index (χ2v) is 6.37. The number of hydrogen-bond donors (Lipinski definition) is 2. The molecule has 5 nitrogen and oxygen atoms in total. The predicted octanol–water partition coefficient (Wildman–Crippen LogP) is 1.90. The Morgan fingerprint density at radius 3 is 2.57 bits per heavy atom. The van der Waals surface area contributed by atoms with E-state index in [9.17, 15) is 14.7 Å². The van der Waals surface area contributed by atoms with E-state index in [1.807, 2.05) is 0 Å². The third-order valence-electron chi connectivity index (χ3n) is 4.43. The number of nitrogens with one attached hydrogen (secondary N) is 1. The fraction of sp³-hybridized carbons (Fsp3) is 0.625. The summed E-state index contributed by atoms with van der Waals surface area (Å²) in [5.41, 5.74) is 0.164. The van der Waals surface area contributed by atoms with Crippen molar-refractivity contribution in [3.8, 4) is 0 Å². The lowest BCUT2D eigenvalue weighted by Gasteiger charge is -2.34. The highest BCUT2D eigenvalue weighted by Gasteiger charge is 2.32. The third-order valence-corrected chi connectivity index (χ3v) is 4.43. The van der Waals surface area contributed by atoms with E-state index in [4.69, 9.17) is 0 Å². The van der Waals surface area contributed by atoms with E-state index in [-0.39, 0.29) is 18.2 Å². The maximum atomic E-state index is 12.2. The molecule has 1 aliphatic rings. The average molecular weight is 292 g/mol. The molecule has 0 unspecified atom stereocenters. The number of aliphatic hydroxyl groups is 1. The number of hydrogen-bond acceptors (Lipinski definition) is 3. The molecule has 5 heteroatoms. The first-order valence-electron chi connectivity index (χ1n) is 7.48. The summed E-state index contributed by atoms with van der Waals surface area (Å²) >= 11 is 0. The zero-order valence-electron chi connectivity index (χ0n) is 13.0. The molecular formula is C16H24N2O3. The molecule has 2 rings (SSSR count). The predicted molar refractivity (Wildman–Crippen MR) is 80.3 cm³/mol. The molecule has 2 N–H and O–H groups in total. The molecule has 1 aromatic heterocycles. The van der Waals surface area contributed by atoms with Crippen LogP contribution in [0.25, 0.3) is 0 Å². The van der Waals surface area contributed by atoms with Crippen LogP contribution in [0.1, 0.15) is 60.4 Å². The lowest BCUT2D eigenvalue weighted by molar-refractivity contribution is -0.00546. The van der Waals surface area contributed by atoms with Crippen LogP contribution < -0.4 is 5.32 Å². The highest BCUT2D eigenvalue weighted by atomic mass is 16.3. The average Bonchev–Trinajstić information content (AvgIpc) is 2.82. The minimum absolute atomic E-state index is 0.0652. The lowest BCUT2D eigenvalue weighted by atomic mass is 9.79. The Kier molecular flexibility index (Phi) is 4.52. The van der Waals surface area contributed by atoms with E-state index in [1.165, 1.54) is 6.92 Å². The Morgan fingerprint density at radius 2 is 2.05 bits per heavy atom. The zero-order chi connectivity index (χ0) is 15.6. The van der Waals surface area contributed by atoms with Gasteiger partial charge in [-0.15, -0.1) is 0 Å². The van der Waals surface area contributed by atoms with Crippen molar-refractivity contribution in [2.45, 2.75) is 45.1 Å². The highest BCUT2D eigenvalue weighted by molar-refractivity contribution is 5.99. The van der Waals surface area contributed by atoms with Gasteiger partial charge >= 0.3 is 0 Å². The van der Waals surface area contributed by atoms with Crippen LogP contribution in [0.2, 0.25) is 0 Å². The topological polar surface area (TPSA) is 71.3 Å². The molecule has 0 spiro atoms. The number of aryl methyl sites for hydroxylation is 1. The van der Waals surface area contributed by atoms with Gasteiger partial charge in [0.25, 0.3) is 5.91 Å². The maximum Gasteiger partial charge on any atom is 0.268 e. The van der Waals surface area contributed by atoms with Crippen LogP contribution in [-0.4, -0.2) is 33.5 Å². The molecule has 1 aliphatic carbocycles. The fourth-order valence-electron chi connectivity index (χ4n) is 2.79. The van der Waals surface area contributed by atoms with Crippen molar-refractivity contribution in [3.63, 3.8) is 0 Å². The van der Waals surface area contributed by atoms with Crippen molar-refractivity contribution in [3.05, 3.63) is 23.5 Å². The molecule has 0 aromatic carbocycles. The Hall–Kier alpha value is -1.62. The second-order valence-electron chi connectivity index (χ2n) is 6.37. The second kappa shape index (κ2) is 6.02. The third kappa shape index (κ3) is 3.73. The van der Waals surface area contributed by atoms with Crippen molar-refractivity contribution in [1.82, 2.24) is 9.88 Å². The van der Waals surface area contributed by atoms with E-state index in [2.05, 4.69) is 12.2 Å². The number of aromatic nitrogens is 1. The van der Waals surface area contributed by atoms with Gasteiger partial charge in [0.1, 0.15) is 5.69 Å². The Bertz CT molecular complexity index is 540. The first-order valence-corrected chi connectivity index (χ1v) is 7.48. The van der Waals surface area contributed by atoms with Gasteiger partial charge in [-0.2, -0.15) is 0 Å². The summed E-state index contributed by atoms with van der Waals surface area (Å²) in [7, 11) is 1.73. The monoisotopic (exact) mass is 292 g/mol. The van der Waals surface area contributed by atoms with Crippen molar-refractivity contribution in [2.75, 3.05) is 6.54 Å². The summed E-state index contributed by atoms with van der Waals surface area (Å²) in [5.74, 6) is 0.327. The highest BCUT2D eigenvalue weighted by Crippen LogP contribution is 2.31. The molecule has 116 valence electrons. The van der Waals surface area contributed by atoms with Crippen molar-refractivity contribution >= 4 is 11.7 Å². The van der Waals surface area contributed by atoms with Crippen LogP contribution in [0.15, 0.2) is 12.3 Å². The quantitative estimate of drug-likeness (QED) is 0.833. The van der Waals surface area contributed by atoms with Gasteiger partial charge in [-0.1, -0.05) is 6.92 Å². The minimum atomic E-state index is -0.795. The molecule has 0 bridgehead atoms. The smallest absolute Gasteiger partial charge is 0.268 e. The number of carbonyl (C=O) groups excluding carboxylic acids is 2. The molecule has 1 amide bonds. The molecule has 21 heavy (non-hydrogen) atoms. The summed E-state index contributed by atoms with van der Waals surface area (Å²) in [5, 5.41) is 13.3. The standard InChI is InChI=1S/C16H24N2O3/c1-11-4-6-16(21,7-5-11)10-17-15(20)14-8-13(12(2)19)9-18(14)3/h8-9,11,21H,4-7,10H2,1-3H3,(H,17,20). The van der Waals surface area contributed by atoms with Gasteiger partial charge in [0.2, 0.25) is 0 Å². The molecule has 0 saturated heterocycles. The first kappa shape index (κ1) is 15.8. The lowest BCUT2D eigenvalue weighted by Crippen LogP contribution is -2.45. The van der Waals surface area contributed by atoms with Gasteiger partial charge < -0.3 is 15.0 Å². The summed E-state index contributed by atoms with van der Waals surface area (Å²) < 4.78 is 1.64. The van der Waals surface area contributed by atoms with Crippen molar-refractivity contribution in [2.24, 2.45) is 13.0 Å². The molecule has 0 aliphatic heterocycles. The van der Waals surface area contributed by atoms with Gasteiger partial charge in [0.15, 0.2) is 5.78 Å². The molecule has 1 aromatic rings. The molecule has 1 fully saturated rings. The van der Waals surface area contributed by atoms with Crippen molar-refractivity contribution < 1.29 is 14.7 Å². The van der Waals surface area contributed by atoms with E-state index in [0.29, 0.717) is 17.2 Å². The van der Waals surface area contributed by atoms with E-state index in [0.717, 1.165) is 25.7 Å². The molecule has 0 radical (unpaired) electrons. The number of nitrogens with zero attached hydrogens (tertiary/aromatic N) is 1. The van der Waals surface area contributed by atoms with Gasteiger partial charge in [-0.25, -0.2) is 0 Å². The number of ketones is 1. The molecule has 0 atom stereocenters. The summed E-state index contributed by atoms with van der Waals surface area (Å²) in [6, 6.07) is 1.59. The van der Waals surface area contributed by atoms with Gasteiger partial charge in [0, 0.05) is 25.4 Å². The molecular weight excluding hydrogens is 268 g/mol. The normalized spacial score (nSPS) is 25.6. The van der Waals surface area contributed by atoms with E-state index >= 15 is 0 Å². The fourth-order valence-corrected chi connectivity index (χ4v) is 2.79. The summed E-state index contributed by atoms with van der Waals surface area (Å²) in [6.45, 7) is 3.92. The molecule has 1 saturated carbocycles. The maximum absolute atomic E-state index is 12.2. The number of rotatable bonds is 4. The van der Waals surface area contributed by atoms with Crippen LogP contribution in [0, 0.1) is 5.92 Å².